The largest absolute Gasteiger partial charge is 0.481 e. The number of rotatable bonds is 3. The summed E-state index contributed by atoms with van der Waals surface area (Å²) in [5.74, 6) is -1.48. The van der Waals surface area contributed by atoms with Gasteiger partial charge in [-0.25, -0.2) is 4.98 Å². The van der Waals surface area contributed by atoms with E-state index in [4.69, 9.17) is 0 Å². The number of likely N-dealkylation sites (tertiary alicyclic amines) is 1. The number of benzene rings is 2. The van der Waals surface area contributed by atoms with E-state index in [-0.39, 0.29) is 18.4 Å². The van der Waals surface area contributed by atoms with Crippen LogP contribution in [0.15, 0.2) is 54.9 Å². The third-order valence-corrected chi connectivity index (χ3v) is 5.06. The minimum absolute atomic E-state index is 0.0342. The molecule has 0 unspecified atom stereocenters. The number of hydrogen-bond acceptors (Lipinski definition) is 3. The maximum Gasteiger partial charge on any atom is 0.308 e. The maximum absolute atomic E-state index is 12.7. The highest BCUT2D eigenvalue weighted by Crippen LogP contribution is 2.25. The molecule has 1 amide bonds. The fourth-order valence-corrected chi connectivity index (χ4v) is 3.57. The van der Waals surface area contributed by atoms with Crippen molar-refractivity contribution in [1.29, 1.82) is 0 Å². The molecule has 0 radical (unpaired) electrons. The summed E-state index contributed by atoms with van der Waals surface area (Å²) in [6.07, 6.45) is 1.76. The van der Waals surface area contributed by atoms with Gasteiger partial charge in [-0.15, -0.1) is 0 Å². The Bertz CT molecular complexity index is 977. The number of aromatic nitrogens is 2. The van der Waals surface area contributed by atoms with Crippen molar-refractivity contribution >= 4 is 22.9 Å². The van der Waals surface area contributed by atoms with Crippen molar-refractivity contribution in [3.8, 4) is 5.69 Å². The second-order valence-corrected chi connectivity index (χ2v) is 6.78. The van der Waals surface area contributed by atoms with E-state index < -0.39 is 11.9 Å². The molecular formula is C20H19N3O3. The number of nitrogens with zero attached hydrogens (tertiary/aromatic N) is 3. The summed E-state index contributed by atoms with van der Waals surface area (Å²) >= 11 is 0. The lowest BCUT2D eigenvalue weighted by molar-refractivity contribution is -0.142. The Morgan fingerprint density at radius 3 is 2.50 bits per heavy atom. The maximum atomic E-state index is 12.7. The molecular weight excluding hydrogens is 330 g/mol. The van der Waals surface area contributed by atoms with Gasteiger partial charge in [0.05, 0.1) is 17.0 Å². The number of para-hydroxylation sites is 2. The Morgan fingerprint density at radius 1 is 1.08 bits per heavy atom. The van der Waals surface area contributed by atoms with Crippen molar-refractivity contribution in [2.45, 2.75) is 6.92 Å². The molecule has 0 aliphatic carbocycles. The molecule has 1 aromatic heterocycles. The number of hydrogen-bond donors (Lipinski definition) is 1. The van der Waals surface area contributed by atoms with Crippen molar-refractivity contribution in [1.82, 2.24) is 14.5 Å². The summed E-state index contributed by atoms with van der Waals surface area (Å²) in [6.45, 7) is 2.62. The van der Waals surface area contributed by atoms with E-state index in [0.29, 0.717) is 12.1 Å². The second kappa shape index (κ2) is 6.29. The topological polar surface area (TPSA) is 75.4 Å². The summed E-state index contributed by atoms with van der Waals surface area (Å²) in [5.41, 5.74) is 3.41. The number of fused-ring (bicyclic) bond motifs is 1. The smallest absolute Gasteiger partial charge is 0.308 e. The van der Waals surface area contributed by atoms with E-state index in [1.165, 1.54) is 0 Å². The van der Waals surface area contributed by atoms with Gasteiger partial charge >= 0.3 is 5.97 Å². The van der Waals surface area contributed by atoms with Crippen LogP contribution in [0.3, 0.4) is 0 Å². The van der Waals surface area contributed by atoms with Gasteiger partial charge in [0.15, 0.2) is 0 Å². The van der Waals surface area contributed by atoms with Gasteiger partial charge in [-0.2, -0.15) is 0 Å². The highest BCUT2D eigenvalue weighted by molar-refractivity contribution is 5.95. The first-order valence-electron chi connectivity index (χ1n) is 8.59. The fourth-order valence-electron chi connectivity index (χ4n) is 3.57. The normalized spacial score (nSPS) is 19.8. The molecule has 3 aromatic rings. The molecule has 0 saturated carbocycles. The van der Waals surface area contributed by atoms with Crippen LogP contribution in [-0.2, 0) is 4.79 Å². The molecule has 132 valence electrons. The van der Waals surface area contributed by atoms with Crippen LogP contribution < -0.4 is 0 Å². The van der Waals surface area contributed by atoms with Crippen LogP contribution in [0.1, 0.15) is 17.3 Å². The summed E-state index contributed by atoms with van der Waals surface area (Å²) < 4.78 is 1.97. The van der Waals surface area contributed by atoms with Crippen LogP contribution in [0.5, 0.6) is 0 Å². The lowest BCUT2D eigenvalue weighted by Gasteiger charge is -2.16. The number of aliphatic carboxylic acids is 1. The van der Waals surface area contributed by atoms with Crippen LogP contribution in [0.4, 0.5) is 0 Å². The molecule has 2 aromatic carbocycles. The summed E-state index contributed by atoms with van der Waals surface area (Å²) in [6, 6.07) is 15.2. The molecule has 6 nitrogen and oxygen atoms in total. The highest BCUT2D eigenvalue weighted by atomic mass is 16.4. The first kappa shape index (κ1) is 16.3. The minimum atomic E-state index is -0.838. The first-order valence-corrected chi connectivity index (χ1v) is 8.59. The SMILES string of the molecule is C[C@@H]1CN(C(=O)c2ccc(-n3cnc4ccccc43)cc2)C[C@H]1C(=O)O. The van der Waals surface area contributed by atoms with E-state index in [1.54, 1.807) is 23.4 Å². The van der Waals surface area contributed by atoms with Crippen molar-refractivity contribution in [3.05, 3.63) is 60.4 Å². The Morgan fingerprint density at radius 2 is 1.81 bits per heavy atom. The predicted molar refractivity (Wildman–Crippen MR) is 97.3 cm³/mol. The molecule has 0 bridgehead atoms. The second-order valence-electron chi connectivity index (χ2n) is 6.78. The number of amides is 1. The van der Waals surface area contributed by atoms with E-state index in [9.17, 15) is 14.7 Å². The van der Waals surface area contributed by atoms with Crippen molar-refractivity contribution in [2.24, 2.45) is 11.8 Å². The molecule has 1 fully saturated rings. The molecule has 0 spiro atoms. The van der Waals surface area contributed by atoms with Gasteiger partial charge in [0.2, 0.25) is 0 Å². The number of carboxylic acid groups (broad SMARTS) is 1. The van der Waals surface area contributed by atoms with Gasteiger partial charge in [0.1, 0.15) is 6.33 Å². The van der Waals surface area contributed by atoms with E-state index >= 15 is 0 Å². The molecule has 4 rings (SSSR count). The average Bonchev–Trinajstić information content (AvgIpc) is 3.25. The van der Waals surface area contributed by atoms with Gasteiger partial charge in [-0.1, -0.05) is 19.1 Å². The van der Waals surface area contributed by atoms with Crippen LogP contribution in [-0.4, -0.2) is 44.5 Å². The Balaban J connectivity index is 1.56. The molecule has 1 saturated heterocycles. The third-order valence-electron chi connectivity index (χ3n) is 5.06. The van der Waals surface area contributed by atoms with Crippen LogP contribution >= 0.6 is 0 Å². The van der Waals surface area contributed by atoms with Gasteiger partial charge in [-0.3, -0.25) is 14.2 Å². The number of carboxylic acids is 1. The average molecular weight is 349 g/mol. The quantitative estimate of drug-likeness (QED) is 0.789. The summed E-state index contributed by atoms with van der Waals surface area (Å²) in [5, 5.41) is 9.24. The highest BCUT2D eigenvalue weighted by Gasteiger charge is 2.37. The lowest BCUT2D eigenvalue weighted by atomic mass is 9.99. The molecule has 1 N–H and O–H groups in total. The molecule has 2 heterocycles. The van der Waals surface area contributed by atoms with E-state index in [1.807, 2.05) is 47.9 Å². The van der Waals surface area contributed by atoms with Crippen LogP contribution in [0.25, 0.3) is 16.7 Å². The monoisotopic (exact) mass is 349 g/mol. The third kappa shape index (κ3) is 2.73. The molecule has 26 heavy (non-hydrogen) atoms. The first-order chi connectivity index (χ1) is 12.5. The zero-order valence-corrected chi connectivity index (χ0v) is 14.4. The molecule has 6 heteroatoms. The Kier molecular flexibility index (Phi) is 3.95. The Hall–Kier alpha value is -3.15. The Labute approximate surface area is 150 Å². The van der Waals surface area contributed by atoms with Crippen molar-refractivity contribution < 1.29 is 14.7 Å². The van der Waals surface area contributed by atoms with Crippen molar-refractivity contribution in [3.63, 3.8) is 0 Å². The number of carbonyl (C=O) groups excluding carboxylic acids is 1. The summed E-state index contributed by atoms with van der Waals surface area (Å²) in [4.78, 5) is 29.9. The van der Waals surface area contributed by atoms with Gasteiger partial charge in [0, 0.05) is 24.3 Å². The number of carbonyl (C=O) groups is 2. The number of imidazole rings is 1. The van der Waals surface area contributed by atoms with Gasteiger partial charge in [-0.05, 0) is 42.3 Å². The lowest BCUT2D eigenvalue weighted by Crippen LogP contribution is -2.29. The summed E-state index contributed by atoms with van der Waals surface area (Å²) in [7, 11) is 0. The van der Waals surface area contributed by atoms with Crippen LogP contribution in [0.2, 0.25) is 0 Å². The van der Waals surface area contributed by atoms with E-state index in [0.717, 1.165) is 16.7 Å². The minimum Gasteiger partial charge on any atom is -0.481 e. The standard InChI is InChI=1S/C20H19N3O3/c1-13-10-22(11-16(13)20(25)26)19(24)14-6-8-15(9-7-14)23-12-21-17-4-2-3-5-18(17)23/h2-9,12-13,16H,10-11H2,1H3,(H,25,26)/t13-,16-/m1/s1. The fraction of sp³-hybridized carbons (Fsp3) is 0.250. The molecule has 1 aliphatic heterocycles. The predicted octanol–water partition coefficient (Wildman–Crippen LogP) is 2.82. The van der Waals surface area contributed by atoms with Crippen LogP contribution in [0, 0.1) is 11.8 Å². The van der Waals surface area contributed by atoms with Crippen molar-refractivity contribution in [2.75, 3.05) is 13.1 Å². The van der Waals surface area contributed by atoms with E-state index in [2.05, 4.69) is 4.98 Å². The molecule has 2 atom stereocenters. The molecule has 1 aliphatic rings. The zero-order chi connectivity index (χ0) is 18.3. The zero-order valence-electron chi connectivity index (χ0n) is 14.4. The van der Waals surface area contributed by atoms with Gasteiger partial charge in [0.25, 0.3) is 5.91 Å². The van der Waals surface area contributed by atoms with Gasteiger partial charge < -0.3 is 10.0 Å².